The van der Waals surface area contributed by atoms with Gasteiger partial charge in [0.15, 0.2) is 0 Å². The summed E-state index contributed by atoms with van der Waals surface area (Å²) in [5.41, 5.74) is 0.974. The monoisotopic (exact) mass is 310 g/mol. The average Bonchev–Trinajstić information content (AvgIpc) is 2.47. The molecule has 0 heterocycles. The van der Waals surface area contributed by atoms with E-state index in [1.54, 1.807) is 0 Å². The fraction of sp³-hybridized carbons (Fsp3) is 0.500. The number of hydrogen-bond acceptors (Lipinski definition) is 4. The Morgan fingerprint density at radius 2 is 1.23 bits per heavy atom. The van der Waals surface area contributed by atoms with E-state index in [1.807, 2.05) is 0 Å². The van der Waals surface area contributed by atoms with Crippen LogP contribution >= 0.6 is 0 Å². The number of aliphatic hydroxyl groups excluding tert-OH is 2. The van der Waals surface area contributed by atoms with Gasteiger partial charge >= 0.3 is 11.9 Å². The second kappa shape index (κ2) is 9.17. The predicted octanol–water partition coefficient (Wildman–Crippen LogP) is 1.71. The number of aliphatic hydroxyl groups is 2. The zero-order valence-electron chi connectivity index (χ0n) is 12.4. The number of aryl methyl sites for hydroxylation is 1. The molecule has 122 valence electrons. The highest BCUT2D eigenvalue weighted by molar-refractivity contribution is 5.97. The van der Waals surface area contributed by atoms with Gasteiger partial charge in [-0.1, -0.05) is 0 Å². The molecule has 4 N–H and O–H groups in total. The van der Waals surface area contributed by atoms with E-state index in [2.05, 4.69) is 0 Å². The van der Waals surface area contributed by atoms with Gasteiger partial charge < -0.3 is 20.4 Å². The third kappa shape index (κ3) is 5.13. The molecule has 6 heteroatoms. The topological polar surface area (TPSA) is 115 Å². The Bertz CT molecular complexity index is 488. The van der Waals surface area contributed by atoms with Crippen LogP contribution < -0.4 is 0 Å². The van der Waals surface area contributed by atoms with Crippen LogP contribution in [-0.4, -0.2) is 45.6 Å². The molecule has 0 aliphatic carbocycles. The van der Waals surface area contributed by atoms with Crippen molar-refractivity contribution in [3.8, 4) is 0 Å². The number of carbonyl (C=O) groups is 2. The predicted molar refractivity (Wildman–Crippen MR) is 80.4 cm³/mol. The number of aromatic carboxylic acids is 2. The van der Waals surface area contributed by atoms with E-state index in [9.17, 15) is 19.8 Å². The van der Waals surface area contributed by atoms with Crippen LogP contribution in [-0.2, 0) is 12.8 Å². The van der Waals surface area contributed by atoms with Crippen molar-refractivity contribution in [3.05, 3.63) is 34.4 Å². The summed E-state index contributed by atoms with van der Waals surface area (Å²) in [6, 6.07) is 3.03. The molecule has 22 heavy (non-hydrogen) atoms. The second-order valence-corrected chi connectivity index (χ2v) is 5.14. The summed E-state index contributed by atoms with van der Waals surface area (Å²) >= 11 is 0. The standard InChI is InChI=1S/C16H22O6/c17-7-3-1-5-11-9-13(15(19)20)12(6-2-4-8-18)14(10-11)16(21)22/h9-10,17-18H,1-8H2,(H,19,20)(H,21,22). The van der Waals surface area contributed by atoms with E-state index >= 15 is 0 Å². The molecule has 0 spiro atoms. The summed E-state index contributed by atoms with van der Waals surface area (Å²) in [6.07, 6.45) is 3.11. The molecule has 0 atom stereocenters. The normalized spacial score (nSPS) is 10.6. The zero-order valence-corrected chi connectivity index (χ0v) is 12.4. The van der Waals surface area contributed by atoms with E-state index in [1.165, 1.54) is 12.1 Å². The summed E-state index contributed by atoms with van der Waals surface area (Å²) in [5, 5.41) is 36.3. The van der Waals surface area contributed by atoms with Crippen LogP contribution in [0.1, 0.15) is 57.5 Å². The van der Waals surface area contributed by atoms with Crippen molar-refractivity contribution in [1.82, 2.24) is 0 Å². The maximum Gasteiger partial charge on any atom is 0.335 e. The fourth-order valence-corrected chi connectivity index (χ4v) is 2.38. The smallest absolute Gasteiger partial charge is 0.335 e. The average molecular weight is 310 g/mol. The number of rotatable bonds is 10. The van der Waals surface area contributed by atoms with Crippen LogP contribution in [0.5, 0.6) is 0 Å². The van der Waals surface area contributed by atoms with Gasteiger partial charge in [-0.25, -0.2) is 9.59 Å². The van der Waals surface area contributed by atoms with Gasteiger partial charge in [0.05, 0.1) is 11.1 Å². The van der Waals surface area contributed by atoms with Crippen molar-refractivity contribution in [1.29, 1.82) is 0 Å². The molecule has 0 saturated carbocycles. The number of benzene rings is 1. The maximum absolute atomic E-state index is 11.4. The molecule has 0 aromatic heterocycles. The summed E-state index contributed by atoms with van der Waals surface area (Å²) < 4.78 is 0. The molecular weight excluding hydrogens is 288 g/mol. The van der Waals surface area contributed by atoms with Gasteiger partial charge in [-0.3, -0.25) is 0 Å². The molecule has 0 aliphatic heterocycles. The first kappa shape index (κ1) is 18.1. The van der Waals surface area contributed by atoms with E-state index in [-0.39, 0.29) is 24.3 Å². The van der Waals surface area contributed by atoms with E-state index in [0.717, 1.165) is 0 Å². The van der Waals surface area contributed by atoms with E-state index < -0.39 is 11.9 Å². The largest absolute Gasteiger partial charge is 0.478 e. The van der Waals surface area contributed by atoms with Gasteiger partial charge in [0.1, 0.15) is 0 Å². The lowest BCUT2D eigenvalue weighted by atomic mass is 9.92. The summed E-state index contributed by atoms with van der Waals surface area (Å²) in [7, 11) is 0. The summed E-state index contributed by atoms with van der Waals surface area (Å²) in [5.74, 6) is -2.30. The Labute approximate surface area is 129 Å². The minimum Gasteiger partial charge on any atom is -0.478 e. The highest BCUT2D eigenvalue weighted by Crippen LogP contribution is 2.22. The zero-order chi connectivity index (χ0) is 16.5. The SMILES string of the molecule is O=C(O)c1cc(CCCCO)cc(C(=O)O)c1CCCCO. The molecule has 0 unspecified atom stereocenters. The molecule has 0 fully saturated rings. The highest BCUT2D eigenvalue weighted by Gasteiger charge is 2.19. The van der Waals surface area contributed by atoms with Gasteiger partial charge in [-0.15, -0.1) is 0 Å². The quantitative estimate of drug-likeness (QED) is 0.489. The first-order valence-corrected chi connectivity index (χ1v) is 7.35. The maximum atomic E-state index is 11.4. The van der Waals surface area contributed by atoms with Crippen LogP contribution in [0, 0.1) is 0 Å². The third-order valence-electron chi connectivity index (χ3n) is 3.48. The van der Waals surface area contributed by atoms with Crippen LogP contribution in [0.4, 0.5) is 0 Å². The lowest BCUT2D eigenvalue weighted by Gasteiger charge is -2.13. The van der Waals surface area contributed by atoms with Gasteiger partial charge in [-0.2, -0.15) is 0 Å². The molecule has 6 nitrogen and oxygen atoms in total. The Balaban J connectivity index is 3.15. The first-order valence-electron chi connectivity index (χ1n) is 7.35. The number of hydrogen-bond donors (Lipinski definition) is 4. The molecule has 1 aromatic rings. The van der Waals surface area contributed by atoms with Gasteiger partial charge in [0.25, 0.3) is 0 Å². The highest BCUT2D eigenvalue weighted by atomic mass is 16.4. The van der Waals surface area contributed by atoms with Crippen LogP contribution in [0.15, 0.2) is 12.1 Å². The molecule has 0 aliphatic rings. The molecule has 0 amide bonds. The van der Waals surface area contributed by atoms with Crippen molar-refractivity contribution in [3.63, 3.8) is 0 Å². The van der Waals surface area contributed by atoms with Crippen LogP contribution in [0.2, 0.25) is 0 Å². The van der Waals surface area contributed by atoms with Gasteiger partial charge in [-0.05, 0) is 61.8 Å². The number of carboxylic acids is 2. The lowest BCUT2D eigenvalue weighted by Crippen LogP contribution is -2.12. The molecule has 1 aromatic carbocycles. The molecule has 1 rings (SSSR count). The van der Waals surface area contributed by atoms with E-state index in [4.69, 9.17) is 10.2 Å². The van der Waals surface area contributed by atoms with E-state index in [0.29, 0.717) is 49.7 Å². The first-order chi connectivity index (χ1) is 10.5. The molecular formula is C16H22O6. The Hall–Kier alpha value is -1.92. The van der Waals surface area contributed by atoms with Crippen molar-refractivity contribution < 1.29 is 30.0 Å². The van der Waals surface area contributed by atoms with Gasteiger partial charge in [0.2, 0.25) is 0 Å². The molecule has 0 bridgehead atoms. The minimum absolute atomic E-state index is 0.00987. The van der Waals surface area contributed by atoms with Crippen molar-refractivity contribution in [2.24, 2.45) is 0 Å². The molecule has 0 saturated heterocycles. The number of carboxylic acid groups (broad SMARTS) is 2. The van der Waals surface area contributed by atoms with Crippen molar-refractivity contribution in [2.45, 2.75) is 38.5 Å². The van der Waals surface area contributed by atoms with Crippen LogP contribution in [0.3, 0.4) is 0 Å². The second-order valence-electron chi connectivity index (χ2n) is 5.14. The fourth-order valence-electron chi connectivity index (χ4n) is 2.38. The van der Waals surface area contributed by atoms with Crippen LogP contribution in [0.25, 0.3) is 0 Å². The lowest BCUT2D eigenvalue weighted by molar-refractivity contribution is 0.0695. The summed E-state index contributed by atoms with van der Waals surface area (Å²) in [4.78, 5) is 22.9. The minimum atomic E-state index is -1.15. The molecule has 0 radical (unpaired) electrons. The Kier molecular flexibility index (Phi) is 7.56. The van der Waals surface area contributed by atoms with Crippen molar-refractivity contribution in [2.75, 3.05) is 13.2 Å². The summed E-state index contributed by atoms with van der Waals surface area (Å²) in [6.45, 7) is 0.0425. The van der Waals surface area contributed by atoms with Crippen molar-refractivity contribution >= 4 is 11.9 Å². The van der Waals surface area contributed by atoms with Gasteiger partial charge in [0, 0.05) is 13.2 Å². The third-order valence-corrected chi connectivity index (χ3v) is 3.48. The Morgan fingerprint density at radius 1 is 0.773 bits per heavy atom. The Morgan fingerprint density at radius 3 is 1.64 bits per heavy atom. The number of unbranched alkanes of at least 4 members (excludes halogenated alkanes) is 2.